The number of hydrogen-bond donors (Lipinski definition) is 2. The molecule has 0 spiro atoms. The molecule has 3 N–H and O–H groups in total. The molecule has 1 heterocycles. The first-order valence-corrected chi connectivity index (χ1v) is 6.99. The lowest BCUT2D eigenvalue weighted by molar-refractivity contribution is -0.119. The van der Waals surface area contributed by atoms with E-state index in [2.05, 4.69) is 5.32 Å². The molecule has 1 aromatic carbocycles. The van der Waals surface area contributed by atoms with Crippen LogP contribution in [0, 0.1) is 0 Å². The standard InChI is InChI=1S/C14H18ClN3O2/c15-11-3-1-2-10(8-11)14(20)17-12-4-6-18(7-5-12)9-13(16)19/h1-3,8,12H,4-7,9H2,(H2,16,19)(H,17,20). The zero-order chi connectivity index (χ0) is 14.5. The smallest absolute Gasteiger partial charge is 0.251 e. The Kier molecular flexibility index (Phi) is 4.98. The summed E-state index contributed by atoms with van der Waals surface area (Å²) in [6.07, 6.45) is 1.64. The van der Waals surface area contributed by atoms with E-state index >= 15 is 0 Å². The fourth-order valence-electron chi connectivity index (χ4n) is 2.35. The Balaban J connectivity index is 1.83. The molecule has 6 heteroatoms. The van der Waals surface area contributed by atoms with Crippen LogP contribution in [0.4, 0.5) is 0 Å². The highest BCUT2D eigenvalue weighted by molar-refractivity contribution is 6.30. The van der Waals surface area contributed by atoms with Crippen molar-refractivity contribution in [2.75, 3.05) is 19.6 Å². The minimum Gasteiger partial charge on any atom is -0.369 e. The fraction of sp³-hybridized carbons (Fsp3) is 0.429. The number of nitrogens with zero attached hydrogens (tertiary/aromatic N) is 1. The van der Waals surface area contributed by atoms with Gasteiger partial charge in [0.15, 0.2) is 0 Å². The summed E-state index contributed by atoms with van der Waals surface area (Å²) in [6, 6.07) is 7.02. The van der Waals surface area contributed by atoms with Crippen LogP contribution in [0.2, 0.25) is 5.02 Å². The number of primary amides is 1. The van der Waals surface area contributed by atoms with E-state index in [1.54, 1.807) is 24.3 Å². The van der Waals surface area contributed by atoms with E-state index in [9.17, 15) is 9.59 Å². The van der Waals surface area contributed by atoms with Gasteiger partial charge < -0.3 is 11.1 Å². The van der Waals surface area contributed by atoms with Gasteiger partial charge in [-0.1, -0.05) is 17.7 Å². The zero-order valence-electron chi connectivity index (χ0n) is 11.1. The average Bonchev–Trinajstić information content (AvgIpc) is 2.40. The van der Waals surface area contributed by atoms with Gasteiger partial charge >= 0.3 is 0 Å². The van der Waals surface area contributed by atoms with E-state index in [-0.39, 0.29) is 24.4 Å². The highest BCUT2D eigenvalue weighted by Gasteiger charge is 2.21. The molecule has 0 atom stereocenters. The molecule has 1 aromatic rings. The van der Waals surface area contributed by atoms with Crippen LogP contribution < -0.4 is 11.1 Å². The molecule has 2 rings (SSSR count). The molecule has 5 nitrogen and oxygen atoms in total. The van der Waals surface area contributed by atoms with Crippen molar-refractivity contribution in [1.82, 2.24) is 10.2 Å². The Hall–Kier alpha value is -1.59. The summed E-state index contributed by atoms with van der Waals surface area (Å²) in [6.45, 7) is 1.82. The molecule has 1 aliphatic rings. The number of rotatable bonds is 4. The first kappa shape index (κ1) is 14.8. The number of piperidine rings is 1. The second-order valence-electron chi connectivity index (χ2n) is 5.00. The predicted molar refractivity (Wildman–Crippen MR) is 77.6 cm³/mol. The number of amides is 2. The van der Waals surface area contributed by atoms with Gasteiger partial charge in [0.25, 0.3) is 5.91 Å². The molecule has 1 saturated heterocycles. The van der Waals surface area contributed by atoms with Gasteiger partial charge in [-0.25, -0.2) is 0 Å². The van der Waals surface area contributed by atoms with Crippen molar-refractivity contribution in [2.45, 2.75) is 18.9 Å². The zero-order valence-corrected chi connectivity index (χ0v) is 11.9. The molecule has 1 fully saturated rings. The minimum absolute atomic E-state index is 0.110. The summed E-state index contributed by atoms with van der Waals surface area (Å²) in [5.41, 5.74) is 5.73. The summed E-state index contributed by atoms with van der Waals surface area (Å²) in [5, 5.41) is 3.55. The van der Waals surface area contributed by atoms with Crippen molar-refractivity contribution in [2.24, 2.45) is 5.73 Å². The predicted octanol–water partition coefficient (Wildman–Crippen LogP) is 1.02. The maximum atomic E-state index is 12.1. The van der Waals surface area contributed by atoms with Crippen LogP contribution in [0.1, 0.15) is 23.2 Å². The number of hydrogen-bond acceptors (Lipinski definition) is 3. The van der Waals surface area contributed by atoms with Crippen molar-refractivity contribution in [3.63, 3.8) is 0 Å². The lowest BCUT2D eigenvalue weighted by Crippen LogP contribution is -2.46. The quantitative estimate of drug-likeness (QED) is 0.871. The normalized spacial score (nSPS) is 16.9. The van der Waals surface area contributed by atoms with E-state index < -0.39 is 0 Å². The third kappa shape index (κ3) is 4.21. The number of nitrogens with one attached hydrogen (secondary N) is 1. The molecular weight excluding hydrogens is 278 g/mol. The second kappa shape index (κ2) is 6.72. The van der Waals surface area contributed by atoms with Gasteiger partial charge in [0.1, 0.15) is 0 Å². The van der Waals surface area contributed by atoms with E-state index in [4.69, 9.17) is 17.3 Å². The van der Waals surface area contributed by atoms with Crippen molar-refractivity contribution in [3.05, 3.63) is 34.9 Å². The first-order chi connectivity index (χ1) is 9.54. The van der Waals surface area contributed by atoms with Gasteiger partial charge in [0, 0.05) is 29.7 Å². The van der Waals surface area contributed by atoms with Crippen LogP contribution in [-0.2, 0) is 4.79 Å². The van der Waals surface area contributed by atoms with E-state index in [0.29, 0.717) is 10.6 Å². The van der Waals surface area contributed by atoms with Crippen LogP contribution in [-0.4, -0.2) is 42.4 Å². The first-order valence-electron chi connectivity index (χ1n) is 6.61. The molecule has 108 valence electrons. The van der Waals surface area contributed by atoms with Crippen molar-refractivity contribution in [3.8, 4) is 0 Å². The largest absolute Gasteiger partial charge is 0.369 e. The van der Waals surface area contributed by atoms with Crippen LogP contribution in [0.15, 0.2) is 24.3 Å². The number of benzene rings is 1. The van der Waals surface area contributed by atoms with Crippen LogP contribution in [0.25, 0.3) is 0 Å². The van der Waals surface area contributed by atoms with Crippen LogP contribution in [0.5, 0.6) is 0 Å². The molecule has 20 heavy (non-hydrogen) atoms. The fourth-order valence-corrected chi connectivity index (χ4v) is 2.54. The lowest BCUT2D eigenvalue weighted by Gasteiger charge is -2.31. The number of halogens is 1. The molecule has 0 aromatic heterocycles. The monoisotopic (exact) mass is 295 g/mol. The average molecular weight is 296 g/mol. The molecule has 0 bridgehead atoms. The molecule has 0 saturated carbocycles. The summed E-state index contributed by atoms with van der Waals surface area (Å²) >= 11 is 5.87. The molecular formula is C14H18ClN3O2. The van der Waals surface area contributed by atoms with E-state index in [1.165, 1.54) is 0 Å². The highest BCUT2D eigenvalue weighted by Crippen LogP contribution is 2.13. The maximum absolute atomic E-state index is 12.1. The third-order valence-electron chi connectivity index (χ3n) is 3.39. The number of likely N-dealkylation sites (tertiary alicyclic amines) is 1. The third-order valence-corrected chi connectivity index (χ3v) is 3.62. The van der Waals surface area contributed by atoms with Crippen molar-refractivity contribution < 1.29 is 9.59 Å². The Morgan fingerprint density at radius 1 is 1.35 bits per heavy atom. The summed E-state index contributed by atoms with van der Waals surface area (Å²) in [5.74, 6) is -0.424. The number of carbonyl (C=O) groups excluding carboxylic acids is 2. The Labute approximate surface area is 123 Å². The SMILES string of the molecule is NC(=O)CN1CCC(NC(=O)c2cccc(Cl)c2)CC1. The molecule has 0 unspecified atom stereocenters. The van der Waals surface area contributed by atoms with Crippen molar-refractivity contribution >= 4 is 23.4 Å². The molecule has 2 amide bonds. The number of carbonyl (C=O) groups is 2. The van der Waals surface area contributed by atoms with Crippen molar-refractivity contribution in [1.29, 1.82) is 0 Å². The molecule has 0 aliphatic carbocycles. The van der Waals surface area contributed by atoms with Gasteiger partial charge in [-0.15, -0.1) is 0 Å². The lowest BCUT2D eigenvalue weighted by atomic mass is 10.0. The highest BCUT2D eigenvalue weighted by atomic mass is 35.5. The Morgan fingerprint density at radius 3 is 2.65 bits per heavy atom. The summed E-state index contributed by atoms with van der Waals surface area (Å²) in [7, 11) is 0. The van der Waals surface area contributed by atoms with E-state index in [0.717, 1.165) is 25.9 Å². The topological polar surface area (TPSA) is 75.4 Å². The van der Waals surface area contributed by atoms with Gasteiger partial charge in [0.05, 0.1) is 6.54 Å². The minimum atomic E-state index is -0.314. The maximum Gasteiger partial charge on any atom is 0.251 e. The second-order valence-corrected chi connectivity index (χ2v) is 5.44. The van der Waals surface area contributed by atoms with E-state index in [1.807, 2.05) is 4.90 Å². The Bertz CT molecular complexity index is 499. The Morgan fingerprint density at radius 2 is 2.05 bits per heavy atom. The van der Waals surface area contributed by atoms with Crippen LogP contribution >= 0.6 is 11.6 Å². The van der Waals surface area contributed by atoms with Crippen LogP contribution in [0.3, 0.4) is 0 Å². The number of nitrogens with two attached hydrogens (primary N) is 1. The van der Waals surface area contributed by atoms with Gasteiger partial charge in [0.2, 0.25) is 5.91 Å². The summed E-state index contributed by atoms with van der Waals surface area (Å²) in [4.78, 5) is 24.9. The van der Waals surface area contributed by atoms with Gasteiger partial charge in [-0.3, -0.25) is 14.5 Å². The summed E-state index contributed by atoms with van der Waals surface area (Å²) < 4.78 is 0. The van der Waals surface area contributed by atoms with Gasteiger partial charge in [-0.2, -0.15) is 0 Å². The van der Waals surface area contributed by atoms with Gasteiger partial charge in [-0.05, 0) is 31.0 Å². The molecule has 0 radical (unpaired) electrons. The molecule has 1 aliphatic heterocycles.